The molecule has 16 heavy (non-hydrogen) atoms. The van der Waals surface area contributed by atoms with E-state index in [0.29, 0.717) is 6.07 Å². The van der Waals surface area contributed by atoms with Crippen molar-refractivity contribution in [3.05, 3.63) is 29.8 Å². The molecule has 0 radical (unpaired) electrons. The van der Waals surface area contributed by atoms with Crippen LogP contribution in [0.1, 0.15) is 13.8 Å². The van der Waals surface area contributed by atoms with Gasteiger partial charge in [-0.15, -0.1) is 11.6 Å². The first-order valence-electron chi connectivity index (χ1n) is 4.69. The van der Waals surface area contributed by atoms with E-state index in [4.69, 9.17) is 11.6 Å². The second-order valence-corrected chi connectivity index (χ2v) is 4.36. The zero-order valence-electron chi connectivity index (χ0n) is 8.98. The summed E-state index contributed by atoms with van der Waals surface area (Å²) in [5.74, 6) is -1.79. The average molecular weight is 248 g/mol. The number of halogens is 3. The highest BCUT2D eigenvalue weighted by Gasteiger charge is 2.27. The van der Waals surface area contributed by atoms with Crippen LogP contribution in [-0.2, 0) is 4.79 Å². The molecule has 1 rings (SSSR count). The van der Waals surface area contributed by atoms with Crippen LogP contribution in [0.25, 0.3) is 0 Å². The molecule has 0 atom stereocenters. The van der Waals surface area contributed by atoms with Gasteiger partial charge in [-0.05, 0) is 26.0 Å². The first-order valence-corrected chi connectivity index (χ1v) is 5.23. The summed E-state index contributed by atoms with van der Waals surface area (Å²) in [4.78, 5) is 11.6. The molecule has 0 aliphatic heterocycles. The van der Waals surface area contributed by atoms with Gasteiger partial charge < -0.3 is 5.32 Å². The number of rotatable bonds is 3. The Morgan fingerprint density at radius 3 is 2.56 bits per heavy atom. The number of carbonyl (C=O) groups is 1. The van der Waals surface area contributed by atoms with Gasteiger partial charge in [0.05, 0.1) is 11.1 Å². The predicted octanol–water partition coefficient (Wildman–Crippen LogP) is 3.17. The van der Waals surface area contributed by atoms with Crippen LogP contribution < -0.4 is 5.32 Å². The van der Waals surface area contributed by atoms with E-state index in [1.165, 1.54) is 6.07 Å². The maximum absolute atomic E-state index is 13.2. The molecule has 0 aliphatic carbocycles. The normalized spacial score (nSPS) is 11.3. The van der Waals surface area contributed by atoms with Crippen LogP contribution in [0.5, 0.6) is 0 Å². The molecule has 0 fully saturated rings. The summed E-state index contributed by atoms with van der Waals surface area (Å²) in [6, 6.07) is 2.96. The van der Waals surface area contributed by atoms with E-state index in [1.807, 2.05) is 0 Å². The zero-order chi connectivity index (χ0) is 12.3. The SMILES string of the molecule is CC(C)(CCl)C(=O)Nc1ccc(F)cc1F. The number of amides is 1. The molecule has 1 N–H and O–H groups in total. The summed E-state index contributed by atoms with van der Waals surface area (Å²) in [6.45, 7) is 3.27. The minimum absolute atomic E-state index is 0.0513. The lowest BCUT2D eigenvalue weighted by molar-refractivity contribution is -0.123. The standard InChI is InChI=1S/C11H12ClF2NO/c1-11(2,6-12)10(16)15-9-4-3-7(13)5-8(9)14/h3-5H,6H2,1-2H3,(H,15,16). The largest absolute Gasteiger partial charge is 0.323 e. The third-order valence-electron chi connectivity index (χ3n) is 2.13. The van der Waals surface area contributed by atoms with Crippen molar-refractivity contribution in [1.29, 1.82) is 0 Å². The van der Waals surface area contributed by atoms with Crippen molar-refractivity contribution in [2.24, 2.45) is 5.41 Å². The monoisotopic (exact) mass is 247 g/mol. The van der Waals surface area contributed by atoms with Crippen molar-refractivity contribution < 1.29 is 13.6 Å². The first-order chi connectivity index (χ1) is 7.36. The van der Waals surface area contributed by atoms with Gasteiger partial charge in [-0.1, -0.05) is 0 Å². The molecule has 0 aromatic heterocycles. The first kappa shape index (κ1) is 12.9. The molecule has 0 aliphatic rings. The Morgan fingerprint density at radius 2 is 2.06 bits per heavy atom. The fourth-order valence-corrected chi connectivity index (χ4v) is 1.06. The smallest absolute Gasteiger partial charge is 0.231 e. The second-order valence-electron chi connectivity index (χ2n) is 4.10. The highest BCUT2D eigenvalue weighted by molar-refractivity contribution is 6.20. The van der Waals surface area contributed by atoms with E-state index < -0.39 is 23.0 Å². The van der Waals surface area contributed by atoms with Gasteiger partial charge in [-0.2, -0.15) is 0 Å². The molecule has 0 heterocycles. The van der Waals surface area contributed by atoms with Gasteiger partial charge in [0.25, 0.3) is 0 Å². The Balaban J connectivity index is 2.85. The van der Waals surface area contributed by atoms with Gasteiger partial charge >= 0.3 is 0 Å². The van der Waals surface area contributed by atoms with Crippen LogP contribution in [0.2, 0.25) is 0 Å². The molecule has 1 aromatic rings. The maximum Gasteiger partial charge on any atom is 0.231 e. The molecule has 1 aromatic carbocycles. The third-order valence-corrected chi connectivity index (χ3v) is 2.80. The van der Waals surface area contributed by atoms with Gasteiger partial charge in [0.15, 0.2) is 0 Å². The fraction of sp³-hybridized carbons (Fsp3) is 0.364. The van der Waals surface area contributed by atoms with Crippen molar-refractivity contribution in [1.82, 2.24) is 0 Å². The highest BCUT2D eigenvalue weighted by Crippen LogP contribution is 2.22. The summed E-state index contributed by atoms with van der Waals surface area (Å²) in [7, 11) is 0. The van der Waals surface area contributed by atoms with Crippen LogP contribution in [0.3, 0.4) is 0 Å². The molecule has 88 valence electrons. The van der Waals surface area contributed by atoms with E-state index in [0.717, 1.165) is 6.07 Å². The van der Waals surface area contributed by atoms with Crippen molar-refractivity contribution in [3.8, 4) is 0 Å². The van der Waals surface area contributed by atoms with Crippen LogP contribution >= 0.6 is 11.6 Å². The Morgan fingerprint density at radius 1 is 1.44 bits per heavy atom. The molecule has 2 nitrogen and oxygen atoms in total. The van der Waals surface area contributed by atoms with E-state index >= 15 is 0 Å². The highest BCUT2D eigenvalue weighted by atomic mass is 35.5. The quantitative estimate of drug-likeness (QED) is 0.817. The predicted molar refractivity (Wildman–Crippen MR) is 59.5 cm³/mol. The summed E-state index contributed by atoms with van der Waals surface area (Å²) in [5.41, 5.74) is -0.854. The van der Waals surface area contributed by atoms with Crippen LogP contribution in [-0.4, -0.2) is 11.8 Å². The van der Waals surface area contributed by atoms with Gasteiger partial charge in [0, 0.05) is 11.9 Å². The Kier molecular flexibility index (Phi) is 3.86. The lowest BCUT2D eigenvalue weighted by Gasteiger charge is -2.20. The van der Waals surface area contributed by atoms with Crippen LogP contribution in [0.4, 0.5) is 14.5 Å². The van der Waals surface area contributed by atoms with Crippen molar-refractivity contribution >= 4 is 23.2 Å². The minimum atomic E-state index is -0.807. The zero-order valence-corrected chi connectivity index (χ0v) is 9.74. The van der Waals surface area contributed by atoms with Crippen molar-refractivity contribution in [2.45, 2.75) is 13.8 Å². The number of carbonyl (C=O) groups excluding carboxylic acids is 1. The van der Waals surface area contributed by atoms with Crippen molar-refractivity contribution in [2.75, 3.05) is 11.2 Å². The lowest BCUT2D eigenvalue weighted by Crippen LogP contribution is -2.32. The molecule has 1 amide bonds. The molecule has 0 unspecified atom stereocenters. The molecule has 0 spiro atoms. The second kappa shape index (κ2) is 4.78. The van der Waals surface area contributed by atoms with Crippen LogP contribution in [0.15, 0.2) is 18.2 Å². The summed E-state index contributed by atoms with van der Waals surface area (Å²) >= 11 is 5.60. The topological polar surface area (TPSA) is 29.1 Å². The number of benzene rings is 1. The maximum atomic E-state index is 13.2. The molecule has 5 heteroatoms. The Bertz CT molecular complexity index is 407. The van der Waals surface area contributed by atoms with Gasteiger partial charge in [0.2, 0.25) is 5.91 Å². The number of hydrogen-bond donors (Lipinski definition) is 1. The molecular weight excluding hydrogens is 236 g/mol. The third kappa shape index (κ3) is 2.92. The number of anilines is 1. The molecule has 0 saturated carbocycles. The molecular formula is C11H12ClF2NO. The minimum Gasteiger partial charge on any atom is -0.323 e. The Labute approximate surface area is 97.6 Å². The molecule has 0 bridgehead atoms. The van der Waals surface area contributed by atoms with Gasteiger partial charge in [-0.3, -0.25) is 4.79 Å². The summed E-state index contributed by atoms with van der Waals surface area (Å²) < 4.78 is 25.8. The van der Waals surface area contributed by atoms with Gasteiger partial charge in [-0.25, -0.2) is 8.78 Å². The van der Waals surface area contributed by atoms with E-state index in [1.54, 1.807) is 13.8 Å². The van der Waals surface area contributed by atoms with Gasteiger partial charge in [0.1, 0.15) is 11.6 Å². The van der Waals surface area contributed by atoms with Crippen LogP contribution in [0, 0.1) is 17.0 Å². The van der Waals surface area contributed by atoms with E-state index in [9.17, 15) is 13.6 Å². The van der Waals surface area contributed by atoms with E-state index in [-0.39, 0.29) is 11.6 Å². The summed E-state index contributed by atoms with van der Waals surface area (Å²) in [6.07, 6.45) is 0. The number of nitrogens with one attached hydrogen (secondary N) is 1. The fourth-order valence-electron chi connectivity index (χ4n) is 0.943. The lowest BCUT2D eigenvalue weighted by atomic mass is 9.95. The summed E-state index contributed by atoms with van der Waals surface area (Å²) in [5, 5.41) is 2.36. The average Bonchev–Trinajstić information content (AvgIpc) is 2.22. The van der Waals surface area contributed by atoms with Crippen molar-refractivity contribution in [3.63, 3.8) is 0 Å². The van der Waals surface area contributed by atoms with E-state index in [2.05, 4.69) is 5.32 Å². The number of hydrogen-bond acceptors (Lipinski definition) is 1. The number of alkyl halides is 1. The molecule has 0 saturated heterocycles. The Hall–Kier alpha value is -1.16.